The number of ether oxygens (including phenoxy) is 1. The van der Waals surface area contributed by atoms with Gasteiger partial charge in [0.25, 0.3) is 5.91 Å². The average molecular weight is 285 g/mol. The van der Waals surface area contributed by atoms with E-state index in [9.17, 15) is 9.90 Å². The zero-order valence-corrected chi connectivity index (χ0v) is 12.0. The van der Waals surface area contributed by atoms with Crippen molar-refractivity contribution in [2.24, 2.45) is 0 Å². The van der Waals surface area contributed by atoms with E-state index in [0.29, 0.717) is 18.7 Å². The molecule has 0 aliphatic carbocycles. The molecule has 0 aromatic heterocycles. The van der Waals surface area contributed by atoms with Gasteiger partial charge in [-0.1, -0.05) is 36.4 Å². The summed E-state index contributed by atoms with van der Waals surface area (Å²) < 4.78 is 5.46. The first-order valence-electron chi connectivity index (χ1n) is 6.89. The summed E-state index contributed by atoms with van der Waals surface area (Å²) in [5.74, 6) is 0.796. The van der Waals surface area contributed by atoms with Crippen LogP contribution in [0.25, 0.3) is 0 Å². The summed E-state index contributed by atoms with van der Waals surface area (Å²) in [6, 6.07) is 14.7. The summed E-state index contributed by atoms with van der Waals surface area (Å²) in [4.78, 5) is 11.7. The summed E-state index contributed by atoms with van der Waals surface area (Å²) in [6.07, 6.45) is 0.586. The molecule has 1 amide bonds. The van der Waals surface area contributed by atoms with E-state index in [2.05, 4.69) is 5.32 Å². The van der Waals surface area contributed by atoms with Gasteiger partial charge < -0.3 is 15.2 Å². The lowest BCUT2D eigenvalue weighted by Crippen LogP contribution is -2.30. The quantitative estimate of drug-likeness (QED) is 0.857. The molecule has 0 atom stereocenters. The Kier molecular flexibility index (Phi) is 5.21. The maximum atomic E-state index is 11.7. The highest BCUT2D eigenvalue weighted by molar-refractivity contribution is 5.77. The number of amides is 1. The van der Waals surface area contributed by atoms with Gasteiger partial charge >= 0.3 is 0 Å². The normalized spacial score (nSPS) is 10.1. The summed E-state index contributed by atoms with van der Waals surface area (Å²) in [7, 11) is 0. The minimum atomic E-state index is -0.173. The fourth-order valence-corrected chi connectivity index (χ4v) is 1.97. The van der Waals surface area contributed by atoms with E-state index in [-0.39, 0.29) is 18.3 Å². The van der Waals surface area contributed by atoms with Crippen LogP contribution in [-0.2, 0) is 11.2 Å². The van der Waals surface area contributed by atoms with Gasteiger partial charge in [-0.2, -0.15) is 0 Å². The van der Waals surface area contributed by atoms with Crippen LogP contribution in [0.2, 0.25) is 0 Å². The Hall–Kier alpha value is -2.49. The number of para-hydroxylation sites is 2. The summed E-state index contributed by atoms with van der Waals surface area (Å²) in [6.45, 7) is 2.39. The van der Waals surface area contributed by atoms with E-state index in [0.717, 1.165) is 11.1 Å². The van der Waals surface area contributed by atoms with Crippen molar-refractivity contribution in [3.63, 3.8) is 0 Å². The standard InChI is InChI=1S/C17H19NO3/c1-13-6-2-5-9-16(13)21-12-17(20)18-11-10-14-7-3-4-8-15(14)19/h2-9,19H,10-12H2,1H3,(H,18,20). The second kappa shape index (κ2) is 7.33. The van der Waals surface area contributed by atoms with E-state index in [1.807, 2.05) is 43.3 Å². The number of carbonyl (C=O) groups excluding carboxylic acids is 1. The fraction of sp³-hybridized carbons (Fsp3) is 0.235. The second-order valence-corrected chi connectivity index (χ2v) is 4.78. The molecule has 0 aliphatic heterocycles. The van der Waals surface area contributed by atoms with Gasteiger partial charge in [0.05, 0.1) is 0 Å². The summed E-state index contributed by atoms with van der Waals surface area (Å²) in [5.41, 5.74) is 1.82. The molecule has 2 rings (SSSR count). The molecule has 4 nitrogen and oxygen atoms in total. The van der Waals surface area contributed by atoms with Gasteiger partial charge in [-0.3, -0.25) is 4.79 Å². The molecule has 21 heavy (non-hydrogen) atoms. The molecule has 0 unspecified atom stereocenters. The van der Waals surface area contributed by atoms with Crippen LogP contribution in [0.1, 0.15) is 11.1 Å². The van der Waals surface area contributed by atoms with E-state index in [4.69, 9.17) is 4.74 Å². The maximum Gasteiger partial charge on any atom is 0.257 e. The van der Waals surface area contributed by atoms with Crippen LogP contribution in [0.3, 0.4) is 0 Å². The number of nitrogens with one attached hydrogen (secondary N) is 1. The zero-order valence-electron chi connectivity index (χ0n) is 12.0. The van der Waals surface area contributed by atoms with Crippen LogP contribution in [-0.4, -0.2) is 24.2 Å². The maximum absolute atomic E-state index is 11.7. The largest absolute Gasteiger partial charge is 0.508 e. The predicted octanol–water partition coefficient (Wildman–Crippen LogP) is 2.44. The Morgan fingerprint density at radius 3 is 2.62 bits per heavy atom. The zero-order chi connectivity index (χ0) is 15.1. The topological polar surface area (TPSA) is 58.6 Å². The molecule has 0 fully saturated rings. The van der Waals surface area contributed by atoms with Gasteiger partial charge in [-0.25, -0.2) is 0 Å². The molecule has 110 valence electrons. The van der Waals surface area contributed by atoms with Gasteiger partial charge in [-0.05, 0) is 36.6 Å². The number of phenols is 1. The minimum Gasteiger partial charge on any atom is -0.508 e. The van der Waals surface area contributed by atoms with Crippen LogP contribution in [0, 0.1) is 6.92 Å². The number of hydrogen-bond donors (Lipinski definition) is 2. The van der Waals surface area contributed by atoms with Crippen molar-refractivity contribution in [1.29, 1.82) is 0 Å². The van der Waals surface area contributed by atoms with Gasteiger partial charge in [-0.15, -0.1) is 0 Å². The highest BCUT2D eigenvalue weighted by atomic mass is 16.5. The van der Waals surface area contributed by atoms with Crippen LogP contribution in [0.5, 0.6) is 11.5 Å². The summed E-state index contributed by atoms with van der Waals surface area (Å²) in [5, 5.41) is 12.4. The van der Waals surface area contributed by atoms with E-state index in [1.165, 1.54) is 0 Å². The number of benzene rings is 2. The van der Waals surface area contributed by atoms with Crippen molar-refractivity contribution in [2.45, 2.75) is 13.3 Å². The van der Waals surface area contributed by atoms with Crippen molar-refractivity contribution in [3.8, 4) is 11.5 Å². The highest BCUT2D eigenvalue weighted by Crippen LogP contribution is 2.16. The molecule has 0 heterocycles. The molecule has 0 radical (unpaired) electrons. The Morgan fingerprint density at radius 2 is 1.86 bits per heavy atom. The lowest BCUT2D eigenvalue weighted by Gasteiger charge is -2.09. The van der Waals surface area contributed by atoms with E-state index < -0.39 is 0 Å². The van der Waals surface area contributed by atoms with Crippen molar-refractivity contribution >= 4 is 5.91 Å². The van der Waals surface area contributed by atoms with Crippen molar-refractivity contribution < 1.29 is 14.6 Å². The smallest absolute Gasteiger partial charge is 0.257 e. The number of carbonyl (C=O) groups is 1. The van der Waals surface area contributed by atoms with Crippen LogP contribution >= 0.6 is 0 Å². The second-order valence-electron chi connectivity index (χ2n) is 4.78. The molecule has 0 saturated carbocycles. The van der Waals surface area contributed by atoms with Crippen molar-refractivity contribution in [3.05, 3.63) is 59.7 Å². The van der Waals surface area contributed by atoms with E-state index in [1.54, 1.807) is 12.1 Å². The van der Waals surface area contributed by atoms with Crippen LogP contribution < -0.4 is 10.1 Å². The lowest BCUT2D eigenvalue weighted by atomic mass is 10.1. The third-order valence-corrected chi connectivity index (χ3v) is 3.16. The fourth-order valence-electron chi connectivity index (χ4n) is 1.97. The summed E-state index contributed by atoms with van der Waals surface area (Å²) >= 11 is 0. The first-order valence-corrected chi connectivity index (χ1v) is 6.89. The van der Waals surface area contributed by atoms with Gasteiger partial charge in [0, 0.05) is 6.54 Å². The molecule has 2 aromatic carbocycles. The third-order valence-electron chi connectivity index (χ3n) is 3.16. The van der Waals surface area contributed by atoms with Crippen LogP contribution in [0.15, 0.2) is 48.5 Å². The van der Waals surface area contributed by atoms with Gasteiger partial charge in [0.15, 0.2) is 6.61 Å². The minimum absolute atomic E-state index is 0.00831. The van der Waals surface area contributed by atoms with Crippen molar-refractivity contribution in [1.82, 2.24) is 5.32 Å². The first-order chi connectivity index (χ1) is 10.2. The first kappa shape index (κ1) is 14.9. The molecule has 0 spiro atoms. The number of aromatic hydroxyl groups is 1. The molecular formula is C17H19NO3. The number of rotatable bonds is 6. The molecule has 2 N–H and O–H groups in total. The Balaban J connectivity index is 1.73. The highest BCUT2D eigenvalue weighted by Gasteiger charge is 2.05. The Labute approximate surface area is 124 Å². The monoisotopic (exact) mass is 285 g/mol. The molecule has 0 aliphatic rings. The number of aryl methyl sites for hydroxylation is 1. The van der Waals surface area contributed by atoms with Crippen molar-refractivity contribution in [2.75, 3.05) is 13.2 Å². The lowest BCUT2D eigenvalue weighted by molar-refractivity contribution is -0.123. The number of hydrogen-bond acceptors (Lipinski definition) is 3. The van der Waals surface area contributed by atoms with Gasteiger partial charge in [0.2, 0.25) is 0 Å². The van der Waals surface area contributed by atoms with Gasteiger partial charge in [0.1, 0.15) is 11.5 Å². The van der Waals surface area contributed by atoms with Crippen LogP contribution in [0.4, 0.5) is 0 Å². The Morgan fingerprint density at radius 1 is 1.14 bits per heavy atom. The predicted molar refractivity (Wildman–Crippen MR) is 81.5 cm³/mol. The Bertz CT molecular complexity index is 610. The number of phenolic OH excluding ortho intramolecular Hbond substituents is 1. The molecule has 0 saturated heterocycles. The third kappa shape index (κ3) is 4.53. The SMILES string of the molecule is Cc1ccccc1OCC(=O)NCCc1ccccc1O. The average Bonchev–Trinajstić information content (AvgIpc) is 2.48. The molecular weight excluding hydrogens is 266 g/mol. The van der Waals surface area contributed by atoms with E-state index >= 15 is 0 Å². The molecule has 4 heteroatoms. The molecule has 2 aromatic rings. The molecule has 0 bridgehead atoms.